The molecule has 1 N–H and O–H groups in total. The third-order valence-electron chi connectivity index (χ3n) is 5.02. The molecule has 0 saturated carbocycles. The zero-order chi connectivity index (χ0) is 22.8. The van der Waals surface area contributed by atoms with Gasteiger partial charge in [-0.3, -0.25) is 9.69 Å². The first-order valence-electron chi connectivity index (χ1n) is 9.67. The summed E-state index contributed by atoms with van der Waals surface area (Å²) in [5.41, 5.74) is 2.25. The van der Waals surface area contributed by atoms with Crippen molar-refractivity contribution in [2.75, 3.05) is 25.2 Å². The standard InChI is InChI=1S/C22H25FN4O3S/c1-15-13-21(27(25-15)19-9-7-18(23)8-10-19)24-22(28)14-26(3)16(2)17-5-11-20(12-6-17)31(4,29)30/h5-13,16H,14H2,1-4H3,(H,24,28). The Labute approximate surface area is 181 Å². The summed E-state index contributed by atoms with van der Waals surface area (Å²) in [7, 11) is -1.44. The molecule has 1 unspecified atom stereocenters. The number of aryl methyl sites for hydroxylation is 1. The van der Waals surface area contributed by atoms with E-state index < -0.39 is 9.84 Å². The molecule has 164 valence electrons. The second-order valence-corrected chi connectivity index (χ2v) is 9.56. The fourth-order valence-corrected chi connectivity index (χ4v) is 3.79. The van der Waals surface area contributed by atoms with Crippen LogP contribution in [0.1, 0.15) is 24.2 Å². The summed E-state index contributed by atoms with van der Waals surface area (Å²) < 4.78 is 38.0. The van der Waals surface area contributed by atoms with Crippen LogP contribution in [-0.2, 0) is 14.6 Å². The van der Waals surface area contributed by atoms with Crippen LogP contribution in [0.4, 0.5) is 10.2 Å². The third kappa shape index (κ3) is 5.56. The number of halogens is 1. The van der Waals surface area contributed by atoms with Crippen LogP contribution in [0.2, 0.25) is 0 Å². The number of anilines is 1. The Morgan fingerprint density at radius 3 is 2.35 bits per heavy atom. The average molecular weight is 445 g/mol. The van der Waals surface area contributed by atoms with Gasteiger partial charge in [0.15, 0.2) is 9.84 Å². The molecule has 9 heteroatoms. The molecule has 31 heavy (non-hydrogen) atoms. The largest absolute Gasteiger partial charge is 0.309 e. The van der Waals surface area contributed by atoms with Gasteiger partial charge in [0.2, 0.25) is 5.91 Å². The van der Waals surface area contributed by atoms with Crippen LogP contribution in [0.3, 0.4) is 0 Å². The molecule has 0 fully saturated rings. The van der Waals surface area contributed by atoms with Crippen LogP contribution in [0.5, 0.6) is 0 Å². The van der Waals surface area contributed by atoms with Crippen LogP contribution in [0, 0.1) is 12.7 Å². The predicted molar refractivity (Wildman–Crippen MR) is 117 cm³/mol. The van der Waals surface area contributed by atoms with E-state index in [1.807, 2.05) is 25.8 Å². The molecule has 3 aromatic rings. The van der Waals surface area contributed by atoms with Crippen molar-refractivity contribution in [1.29, 1.82) is 0 Å². The SMILES string of the molecule is Cc1cc(NC(=O)CN(C)C(C)c2ccc(S(C)(=O)=O)cc2)n(-c2ccc(F)cc2)n1. The van der Waals surface area contributed by atoms with E-state index in [9.17, 15) is 17.6 Å². The average Bonchev–Trinajstić information content (AvgIpc) is 3.07. The summed E-state index contributed by atoms with van der Waals surface area (Å²) in [6, 6.07) is 14.1. The molecule has 1 amide bonds. The highest BCUT2D eigenvalue weighted by molar-refractivity contribution is 7.90. The molecular weight excluding hydrogens is 419 g/mol. The normalized spacial score (nSPS) is 12.7. The zero-order valence-electron chi connectivity index (χ0n) is 17.8. The molecule has 0 bridgehead atoms. The number of hydrogen-bond donors (Lipinski definition) is 1. The van der Waals surface area contributed by atoms with Crippen molar-refractivity contribution in [2.45, 2.75) is 24.8 Å². The Bertz CT molecular complexity index is 1170. The van der Waals surface area contributed by atoms with Gasteiger partial charge < -0.3 is 5.32 Å². The van der Waals surface area contributed by atoms with Crippen molar-refractivity contribution >= 4 is 21.6 Å². The van der Waals surface area contributed by atoms with Gasteiger partial charge in [0.1, 0.15) is 11.6 Å². The van der Waals surface area contributed by atoms with E-state index in [4.69, 9.17) is 0 Å². The highest BCUT2D eigenvalue weighted by Gasteiger charge is 2.18. The van der Waals surface area contributed by atoms with E-state index in [0.29, 0.717) is 17.2 Å². The lowest BCUT2D eigenvalue weighted by Gasteiger charge is -2.24. The van der Waals surface area contributed by atoms with E-state index in [1.165, 1.54) is 18.4 Å². The minimum atomic E-state index is -3.25. The molecule has 3 rings (SSSR count). The number of nitrogens with zero attached hydrogens (tertiary/aromatic N) is 3. The van der Waals surface area contributed by atoms with Gasteiger partial charge >= 0.3 is 0 Å². The van der Waals surface area contributed by atoms with Crippen molar-refractivity contribution in [2.24, 2.45) is 0 Å². The summed E-state index contributed by atoms with van der Waals surface area (Å²) in [6.45, 7) is 3.86. The maximum atomic E-state index is 13.2. The first-order valence-corrected chi connectivity index (χ1v) is 11.6. The highest BCUT2D eigenvalue weighted by atomic mass is 32.2. The second-order valence-electron chi connectivity index (χ2n) is 7.54. The van der Waals surface area contributed by atoms with E-state index in [0.717, 1.165) is 5.56 Å². The molecule has 7 nitrogen and oxygen atoms in total. The molecule has 0 spiro atoms. The summed E-state index contributed by atoms with van der Waals surface area (Å²) in [4.78, 5) is 14.8. The van der Waals surface area contributed by atoms with E-state index in [-0.39, 0.29) is 29.2 Å². The van der Waals surface area contributed by atoms with Gasteiger partial charge in [-0.1, -0.05) is 12.1 Å². The monoisotopic (exact) mass is 444 g/mol. The summed E-state index contributed by atoms with van der Waals surface area (Å²) in [5.74, 6) is -0.0866. The Morgan fingerprint density at radius 1 is 1.16 bits per heavy atom. The number of likely N-dealkylation sites (N-methyl/N-ethyl adjacent to an activating group) is 1. The van der Waals surface area contributed by atoms with Gasteiger partial charge in [-0.2, -0.15) is 5.10 Å². The first kappa shape index (κ1) is 22.6. The minimum absolute atomic E-state index is 0.108. The molecule has 0 aliphatic rings. The number of nitrogens with one attached hydrogen (secondary N) is 1. The van der Waals surface area contributed by atoms with Crippen molar-refractivity contribution in [3.8, 4) is 5.69 Å². The highest BCUT2D eigenvalue weighted by Crippen LogP contribution is 2.21. The molecule has 1 atom stereocenters. The lowest BCUT2D eigenvalue weighted by atomic mass is 10.1. The zero-order valence-corrected chi connectivity index (χ0v) is 18.6. The number of sulfone groups is 1. The molecule has 2 aromatic carbocycles. The molecule has 0 aliphatic carbocycles. The number of benzene rings is 2. The van der Waals surface area contributed by atoms with Crippen LogP contribution < -0.4 is 5.32 Å². The van der Waals surface area contributed by atoms with Gasteiger partial charge in [0, 0.05) is 18.4 Å². The van der Waals surface area contributed by atoms with Gasteiger partial charge in [-0.25, -0.2) is 17.5 Å². The van der Waals surface area contributed by atoms with E-state index in [1.54, 1.807) is 47.1 Å². The Kier molecular flexibility index (Phi) is 6.56. The molecule has 1 aromatic heterocycles. The van der Waals surface area contributed by atoms with Crippen molar-refractivity contribution in [3.63, 3.8) is 0 Å². The smallest absolute Gasteiger partial charge is 0.239 e. The minimum Gasteiger partial charge on any atom is -0.309 e. The third-order valence-corrected chi connectivity index (χ3v) is 6.14. The van der Waals surface area contributed by atoms with Gasteiger partial charge in [0.25, 0.3) is 0 Å². The van der Waals surface area contributed by atoms with Crippen molar-refractivity contribution in [3.05, 3.63) is 71.7 Å². The van der Waals surface area contributed by atoms with Gasteiger partial charge in [-0.05, 0) is 62.9 Å². The quantitative estimate of drug-likeness (QED) is 0.604. The second kappa shape index (κ2) is 8.99. The fourth-order valence-electron chi connectivity index (χ4n) is 3.16. The predicted octanol–water partition coefficient (Wildman–Crippen LogP) is 3.35. The van der Waals surface area contributed by atoms with Crippen LogP contribution in [0.15, 0.2) is 59.5 Å². The molecular formula is C22H25FN4O3S. The first-order chi connectivity index (χ1) is 14.5. The van der Waals surface area contributed by atoms with E-state index in [2.05, 4.69) is 10.4 Å². The lowest BCUT2D eigenvalue weighted by molar-refractivity contribution is -0.117. The molecule has 0 aliphatic heterocycles. The summed E-state index contributed by atoms with van der Waals surface area (Å²) >= 11 is 0. The number of hydrogen-bond acceptors (Lipinski definition) is 5. The summed E-state index contributed by atoms with van der Waals surface area (Å²) in [5, 5.41) is 7.23. The van der Waals surface area contributed by atoms with E-state index >= 15 is 0 Å². The number of amides is 1. The van der Waals surface area contributed by atoms with Crippen molar-refractivity contribution in [1.82, 2.24) is 14.7 Å². The Morgan fingerprint density at radius 2 is 1.77 bits per heavy atom. The maximum Gasteiger partial charge on any atom is 0.239 e. The van der Waals surface area contributed by atoms with Crippen LogP contribution >= 0.6 is 0 Å². The van der Waals surface area contributed by atoms with Gasteiger partial charge in [0.05, 0.1) is 22.8 Å². The maximum absolute atomic E-state index is 13.2. The molecule has 0 saturated heterocycles. The fraction of sp³-hybridized carbons (Fsp3) is 0.273. The van der Waals surface area contributed by atoms with Crippen LogP contribution in [0.25, 0.3) is 5.69 Å². The lowest BCUT2D eigenvalue weighted by Crippen LogP contribution is -2.32. The topological polar surface area (TPSA) is 84.3 Å². The van der Waals surface area contributed by atoms with Crippen LogP contribution in [-0.4, -0.2) is 48.9 Å². The van der Waals surface area contributed by atoms with Crippen molar-refractivity contribution < 1.29 is 17.6 Å². The molecule has 1 heterocycles. The summed E-state index contributed by atoms with van der Waals surface area (Å²) in [6.07, 6.45) is 1.17. The number of carbonyl (C=O) groups excluding carboxylic acids is 1. The Balaban J connectivity index is 1.69. The Hall–Kier alpha value is -3.04. The number of rotatable bonds is 7. The molecule has 0 radical (unpaired) electrons. The van der Waals surface area contributed by atoms with Gasteiger partial charge in [-0.15, -0.1) is 0 Å². The number of aromatic nitrogens is 2. The number of carbonyl (C=O) groups is 1.